The first-order valence-corrected chi connectivity index (χ1v) is 17.2. The number of aliphatic carboxylic acids is 1. The van der Waals surface area contributed by atoms with E-state index >= 15 is 0 Å². The Balaban J connectivity index is 1.73. The highest BCUT2D eigenvalue weighted by molar-refractivity contribution is 7.81. The fraction of sp³-hybridized carbons (Fsp3) is 0.429. The molecule has 0 saturated heterocycles. The Morgan fingerprint density at radius 2 is 1.51 bits per heavy atom. The van der Waals surface area contributed by atoms with Gasteiger partial charge in [0.05, 0.1) is 6.04 Å². The molecular weight excluding hydrogens is 675 g/mol. The molecule has 0 saturated carbocycles. The number of guanidine groups is 1. The second kappa shape index (κ2) is 19.3. The number of hydrogen-bond acceptors (Lipinski definition) is 8. The van der Waals surface area contributed by atoms with Gasteiger partial charge in [0, 0.05) is 47.8 Å². The Hall–Kier alpha value is -5.09. The van der Waals surface area contributed by atoms with Crippen LogP contribution in [0.1, 0.15) is 50.7 Å². The fourth-order valence-corrected chi connectivity index (χ4v) is 5.57. The summed E-state index contributed by atoms with van der Waals surface area (Å²) in [5.41, 5.74) is 14.1. The summed E-state index contributed by atoms with van der Waals surface area (Å²) in [6, 6.07) is 12.5. The molecule has 3 aromatic rings. The van der Waals surface area contributed by atoms with Crippen molar-refractivity contribution in [3.8, 4) is 0 Å². The fourth-order valence-electron chi connectivity index (χ4n) is 5.40. The number of carboxylic acid groups (broad SMARTS) is 1. The summed E-state index contributed by atoms with van der Waals surface area (Å²) in [7, 11) is 0. The van der Waals surface area contributed by atoms with Crippen molar-refractivity contribution in [1.82, 2.24) is 31.6 Å². The van der Waals surface area contributed by atoms with Gasteiger partial charge >= 0.3 is 5.97 Å². The van der Waals surface area contributed by atoms with E-state index in [1.54, 1.807) is 20.0 Å². The largest absolute Gasteiger partial charge is 0.480 e. The first-order valence-electron chi connectivity index (χ1n) is 16.7. The van der Waals surface area contributed by atoms with Crippen molar-refractivity contribution in [2.24, 2.45) is 11.5 Å². The number of carbonyl (C=O) groups is 5. The molecule has 0 aliphatic rings. The Morgan fingerprint density at radius 3 is 2.18 bits per heavy atom. The van der Waals surface area contributed by atoms with Gasteiger partial charge in [-0.3, -0.25) is 24.6 Å². The zero-order chi connectivity index (χ0) is 37.6. The van der Waals surface area contributed by atoms with Crippen molar-refractivity contribution in [3.63, 3.8) is 0 Å². The van der Waals surface area contributed by atoms with E-state index in [1.165, 1.54) is 0 Å². The van der Waals surface area contributed by atoms with Crippen molar-refractivity contribution < 1.29 is 29.1 Å². The third-order valence-electron chi connectivity index (χ3n) is 8.12. The van der Waals surface area contributed by atoms with Gasteiger partial charge < -0.3 is 48.1 Å². The van der Waals surface area contributed by atoms with Crippen LogP contribution in [0.3, 0.4) is 0 Å². The smallest absolute Gasteiger partial charge is 0.327 e. The zero-order valence-electron chi connectivity index (χ0n) is 28.8. The van der Waals surface area contributed by atoms with Crippen LogP contribution in [0.4, 0.5) is 0 Å². The van der Waals surface area contributed by atoms with Gasteiger partial charge in [-0.1, -0.05) is 48.5 Å². The van der Waals surface area contributed by atoms with E-state index in [2.05, 4.69) is 44.2 Å². The molecule has 276 valence electrons. The zero-order valence-corrected chi connectivity index (χ0v) is 29.7. The molecule has 3 rings (SSSR count). The lowest BCUT2D eigenvalue weighted by atomic mass is 10.0. The minimum Gasteiger partial charge on any atom is -0.480 e. The summed E-state index contributed by atoms with van der Waals surface area (Å²) < 4.78 is -1.00. The van der Waals surface area contributed by atoms with Crippen LogP contribution in [0, 0.1) is 5.41 Å². The molecule has 0 aliphatic carbocycles. The van der Waals surface area contributed by atoms with Crippen molar-refractivity contribution in [2.75, 3.05) is 13.1 Å². The highest BCUT2D eigenvalue weighted by Gasteiger charge is 2.33. The maximum atomic E-state index is 13.8. The molecule has 0 radical (unpaired) electrons. The summed E-state index contributed by atoms with van der Waals surface area (Å²) in [5, 5.41) is 31.2. The van der Waals surface area contributed by atoms with Crippen LogP contribution in [-0.4, -0.2) is 87.7 Å². The number of rotatable bonds is 20. The number of hydrogen-bond donors (Lipinski definition) is 11. The monoisotopic (exact) mass is 723 g/mol. The topological polar surface area (TPSA) is 257 Å². The lowest BCUT2D eigenvalue weighted by Crippen LogP contribution is -2.56. The Bertz CT molecular complexity index is 1660. The van der Waals surface area contributed by atoms with Gasteiger partial charge in [-0.2, -0.15) is 12.6 Å². The van der Waals surface area contributed by atoms with E-state index in [9.17, 15) is 29.1 Å². The second-order valence-corrected chi connectivity index (χ2v) is 14.0. The van der Waals surface area contributed by atoms with E-state index in [4.69, 9.17) is 16.9 Å². The third kappa shape index (κ3) is 13.3. The van der Waals surface area contributed by atoms with Crippen LogP contribution in [-0.2, 0) is 36.8 Å². The summed E-state index contributed by atoms with van der Waals surface area (Å²) in [6.45, 7) is 3.50. The molecule has 0 fully saturated rings. The Labute approximate surface area is 302 Å². The highest BCUT2D eigenvalue weighted by Crippen LogP contribution is 2.20. The van der Waals surface area contributed by atoms with Gasteiger partial charge in [0.15, 0.2) is 5.96 Å². The molecule has 0 spiro atoms. The standard InChI is InChI=1S/C35H49N9O6S/c1-35(2,51)29(33(49)50)44-28(45)15-9-16-39-31(47)27(19-22-20-41-25-13-7-6-12-23(22)25)43-32(48)26(14-8-17-40-34(37)38)42-30(46)24(36)18-21-10-4-3-5-11-21/h3-7,10-13,20,24,26-27,29,41,51H,8-9,14-19,36H2,1-2H3,(H,39,47)(H,42,46)(H,43,48)(H,44,45)(H,49,50)(H4,37,38,40)/t24-,26-,27-,29+/m0/s1. The van der Waals surface area contributed by atoms with E-state index < -0.39 is 58.5 Å². The number of nitrogens with two attached hydrogens (primary N) is 2. The van der Waals surface area contributed by atoms with Gasteiger partial charge in [-0.05, 0) is 56.7 Å². The van der Waals surface area contributed by atoms with Gasteiger partial charge in [-0.15, -0.1) is 0 Å². The number of amides is 4. The second-order valence-electron chi connectivity index (χ2n) is 12.9. The van der Waals surface area contributed by atoms with Gasteiger partial charge in [0.25, 0.3) is 0 Å². The molecular formula is C35H49N9O6S. The van der Waals surface area contributed by atoms with Gasteiger partial charge in [0.1, 0.15) is 18.1 Å². The van der Waals surface area contributed by atoms with Gasteiger partial charge in [-0.25, -0.2) is 4.79 Å². The lowest BCUT2D eigenvalue weighted by molar-refractivity contribution is -0.142. The minimum atomic E-state index is -1.21. The molecule has 15 nitrogen and oxygen atoms in total. The average molecular weight is 724 g/mol. The maximum absolute atomic E-state index is 13.8. The van der Waals surface area contributed by atoms with E-state index in [-0.39, 0.29) is 51.2 Å². The molecule has 1 aromatic heterocycles. The number of benzene rings is 2. The lowest BCUT2D eigenvalue weighted by Gasteiger charge is -2.26. The van der Waals surface area contributed by atoms with Crippen molar-refractivity contribution in [1.29, 1.82) is 5.41 Å². The molecule has 2 aromatic carbocycles. The van der Waals surface area contributed by atoms with Crippen LogP contribution in [0.2, 0.25) is 0 Å². The summed E-state index contributed by atoms with van der Waals surface area (Å²) in [5.74, 6) is -3.61. The quantitative estimate of drug-likeness (QED) is 0.0339. The summed E-state index contributed by atoms with van der Waals surface area (Å²) >= 11 is 4.27. The number of aromatic amines is 1. The predicted octanol–water partition coefficient (Wildman–Crippen LogP) is 0.687. The number of fused-ring (bicyclic) bond motifs is 1. The van der Waals surface area contributed by atoms with Crippen LogP contribution < -0.4 is 38.1 Å². The van der Waals surface area contributed by atoms with Crippen LogP contribution in [0.5, 0.6) is 0 Å². The Morgan fingerprint density at radius 1 is 0.863 bits per heavy atom. The normalized spacial score (nSPS) is 13.6. The van der Waals surface area contributed by atoms with Crippen LogP contribution in [0.15, 0.2) is 60.8 Å². The maximum Gasteiger partial charge on any atom is 0.327 e. The molecule has 4 amide bonds. The molecule has 1 heterocycles. The summed E-state index contributed by atoms with van der Waals surface area (Å²) in [6.07, 6.45) is 2.79. The van der Waals surface area contributed by atoms with Crippen LogP contribution in [0.25, 0.3) is 10.9 Å². The number of nitrogens with one attached hydrogen (secondary N) is 7. The summed E-state index contributed by atoms with van der Waals surface area (Å²) in [4.78, 5) is 67.8. The number of carbonyl (C=O) groups excluding carboxylic acids is 4. The van der Waals surface area contributed by atoms with Crippen LogP contribution >= 0.6 is 12.6 Å². The number of thiol groups is 1. The van der Waals surface area contributed by atoms with Crippen molar-refractivity contribution in [2.45, 2.75) is 81.3 Å². The third-order valence-corrected chi connectivity index (χ3v) is 8.38. The predicted molar refractivity (Wildman–Crippen MR) is 198 cm³/mol. The van der Waals surface area contributed by atoms with Gasteiger partial charge in [0.2, 0.25) is 23.6 Å². The van der Waals surface area contributed by atoms with Crippen molar-refractivity contribution >= 4 is 59.1 Å². The molecule has 12 N–H and O–H groups in total. The van der Waals surface area contributed by atoms with E-state index in [0.29, 0.717) is 6.42 Å². The molecule has 16 heteroatoms. The average Bonchev–Trinajstić information content (AvgIpc) is 3.48. The molecule has 0 unspecified atom stereocenters. The Kier molecular flexibility index (Phi) is 15.3. The molecule has 0 bridgehead atoms. The number of para-hydroxylation sites is 1. The first kappa shape index (κ1) is 40.3. The highest BCUT2D eigenvalue weighted by atomic mass is 32.1. The minimum absolute atomic E-state index is 0.0565. The molecule has 51 heavy (non-hydrogen) atoms. The van der Waals surface area contributed by atoms with E-state index in [0.717, 1.165) is 22.0 Å². The molecule has 4 atom stereocenters. The number of aromatic nitrogens is 1. The molecule has 0 aliphatic heterocycles. The number of carboxylic acids is 1. The van der Waals surface area contributed by atoms with E-state index in [1.807, 2.05) is 54.6 Å². The number of H-pyrrole nitrogens is 1. The first-order chi connectivity index (χ1) is 24.1. The van der Waals surface area contributed by atoms with Crippen molar-refractivity contribution in [3.05, 3.63) is 71.9 Å². The SMILES string of the molecule is CC(C)(S)[C@H](NC(=O)CCCNC(=O)[C@H](Cc1c[nH]c2ccccc12)NC(=O)[C@H](CCCNC(=N)N)NC(=O)[C@@H](N)Cc1ccccc1)C(=O)O.